The molecule has 1 N–H and O–H groups in total. The molecule has 0 saturated heterocycles. The van der Waals surface area contributed by atoms with Crippen molar-refractivity contribution in [3.8, 4) is 22.6 Å². The number of allylic oxidation sites excluding steroid dienone is 1. The highest BCUT2D eigenvalue weighted by atomic mass is 19.4. The quantitative estimate of drug-likeness (QED) is 0.438. The topological polar surface area (TPSA) is 38.7 Å². The van der Waals surface area contributed by atoms with Gasteiger partial charge in [-0.25, -0.2) is 0 Å². The van der Waals surface area contributed by atoms with E-state index in [1.54, 1.807) is 0 Å². The van der Waals surface area contributed by atoms with Crippen molar-refractivity contribution in [3.63, 3.8) is 0 Å². The highest BCUT2D eigenvalue weighted by molar-refractivity contribution is 5.74. The molecule has 3 nitrogen and oxygen atoms in total. The second kappa shape index (κ2) is 9.32. The van der Waals surface area contributed by atoms with Gasteiger partial charge in [-0.2, -0.15) is 13.2 Å². The van der Waals surface area contributed by atoms with Crippen molar-refractivity contribution >= 4 is 0 Å². The third kappa shape index (κ3) is 5.06. The molecule has 172 valence electrons. The van der Waals surface area contributed by atoms with Gasteiger partial charge in [0.2, 0.25) is 0 Å². The number of ether oxygens (including phenoxy) is 2. The first-order valence-electron chi connectivity index (χ1n) is 10.8. The van der Waals surface area contributed by atoms with Crippen LogP contribution in [-0.2, 0) is 12.6 Å². The van der Waals surface area contributed by atoms with E-state index in [0.29, 0.717) is 23.7 Å². The summed E-state index contributed by atoms with van der Waals surface area (Å²) in [7, 11) is 0. The summed E-state index contributed by atoms with van der Waals surface area (Å²) < 4.78 is 49.8. The molecule has 1 aliphatic rings. The largest absolute Gasteiger partial charge is 0.486 e. The van der Waals surface area contributed by atoms with Crippen molar-refractivity contribution in [1.29, 1.82) is 0 Å². The van der Waals surface area contributed by atoms with E-state index in [4.69, 9.17) is 9.47 Å². The molecular weight excluding hydrogens is 429 g/mol. The lowest BCUT2D eigenvalue weighted by molar-refractivity contribution is -0.137. The van der Waals surface area contributed by atoms with E-state index in [-0.39, 0.29) is 12.5 Å². The Morgan fingerprint density at radius 2 is 1.64 bits per heavy atom. The van der Waals surface area contributed by atoms with Gasteiger partial charge in [-0.15, -0.1) is 0 Å². The van der Waals surface area contributed by atoms with E-state index >= 15 is 0 Å². The number of aliphatic hydroxyl groups is 1. The van der Waals surface area contributed by atoms with Crippen molar-refractivity contribution in [2.45, 2.75) is 32.5 Å². The van der Waals surface area contributed by atoms with Crippen molar-refractivity contribution in [3.05, 3.63) is 95.3 Å². The number of hydrogen-bond donors (Lipinski definition) is 1. The lowest BCUT2D eigenvalue weighted by Gasteiger charge is -2.24. The number of rotatable bonds is 6. The van der Waals surface area contributed by atoms with Crippen LogP contribution in [0.15, 0.2) is 78.6 Å². The monoisotopic (exact) mass is 454 g/mol. The zero-order valence-electron chi connectivity index (χ0n) is 18.4. The van der Waals surface area contributed by atoms with E-state index < -0.39 is 17.8 Å². The maximum atomic E-state index is 12.7. The van der Waals surface area contributed by atoms with Gasteiger partial charge in [0.1, 0.15) is 23.9 Å². The van der Waals surface area contributed by atoms with Gasteiger partial charge in [0.05, 0.1) is 11.7 Å². The van der Waals surface area contributed by atoms with Gasteiger partial charge in [0, 0.05) is 5.56 Å². The Morgan fingerprint density at radius 3 is 2.33 bits per heavy atom. The molecule has 33 heavy (non-hydrogen) atoms. The number of halogens is 3. The molecule has 0 aromatic heterocycles. The molecule has 1 unspecified atom stereocenters. The second-order valence-corrected chi connectivity index (χ2v) is 8.35. The number of benzene rings is 3. The first-order valence-corrected chi connectivity index (χ1v) is 10.8. The molecule has 0 amide bonds. The van der Waals surface area contributed by atoms with Gasteiger partial charge in [0.25, 0.3) is 0 Å². The minimum Gasteiger partial charge on any atom is -0.486 e. The van der Waals surface area contributed by atoms with Crippen molar-refractivity contribution in [1.82, 2.24) is 0 Å². The maximum Gasteiger partial charge on any atom is 0.416 e. The molecule has 3 aromatic rings. The minimum atomic E-state index is -4.38. The molecule has 0 aliphatic carbocycles. The van der Waals surface area contributed by atoms with Crippen LogP contribution in [0.25, 0.3) is 11.1 Å². The van der Waals surface area contributed by atoms with Gasteiger partial charge in [-0.05, 0) is 65.4 Å². The number of alkyl halides is 3. The summed E-state index contributed by atoms with van der Waals surface area (Å²) in [6.07, 6.45) is -2.43. The number of fused-ring (bicyclic) bond motifs is 1. The Hall–Kier alpha value is -3.25. The highest BCUT2D eigenvalue weighted by Gasteiger charge is 2.30. The molecule has 0 bridgehead atoms. The van der Waals surface area contributed by atoms with Gasteiger partial charge in [-0.1, -0.05) is 50.2 Å². The van der Waals surface area contributed by atoms with E-state index in [9.17, 15) is 18.3 Å². The molecule has 1 atom stereocenters. The Labute approximate surface area is 191 Å². The molecule has 0 saturated carbocycles. The second-order valence-electron chi connectivity index (χ2n) is 8.35. The third-order valence-electron chi connectivity index (χ3n) is 5.67. The summed E-state index contributed by atoms with van der Waals surface area (Å²) >= 11 is 0. The predicted octanol–water partition coefficient (Wildman–Crippen LogP) is 6.96. The summed E-state index contributed by atoms with van der Waals surface area (Å²) in [6.45, 7) is 4.07. The zero-order valence-corrected chi connectivity index (χ0v) is 18.4. The van der Waals surface area contributed by atoms with Crippen LogP contribution < -0.4 is 9.47 Å². The Balaban J connectivity index is 1.51. The number of aliphatic hydroxyl groups excluding tert-OH is 1. The molecular formula is C27H25F3O3. The van der Waals surface area contributed by atoms with E-state index in [2.05, 4.69) is 0 Å². The van der Waals surface area contributed by atoms with Crippen LogP contribution in [-0.4, -0.2) is 11.7 Å². The molecule has 3 aromatic carbocycles. The van der Waals surface area contributed by atoms with Crippen LogP contribution in [0.2, 0.25) is 0 Å². The van der Waals surface area contributed by atoms with Crippen LogP contribution >= 0.6 is 0 Å². The zero-order chi connectivity index (χ0) is 23.6. The summed E-state index contributed by atoms with van der Waals surface area (Å²) in [5.74, 6) is 1.71. The van der Waals surface area contributed by atoms with Crippen LogP contribution in [0.3, 0.4) is 0 Å². The van der Waals surface area contributed by atoms with Crippen LogP contribution in [0.5, 0.6) is 11.5 Å². The molecule has 6 heteroatoms. The molecule has 0 fully saturated rings. The first kappa shape index (κ1) is 22.9. The van der Waals surface area contributed by atoms with Crippen molar-refractivity contribution in [2.24, 2.45) is 5.92 Å². The number of hydrogen-bond acceptors (Lipinski definition) is 3. The van der Waals surface area contributed by atoms with E-state index in [0.717, 1.165) is 34.4 Å². The van der Waals surface area contributed by atoms with Gasteiger partial charge < -0.3 is 14.6 Å². The Kier molecular flexibility index (Phi) is 6.47. The molecule has 1 aliphatic heterocycles. The Bertz CT molecular complexity index is 1150. The first-order chi connectivity index (χ1) is 15.7. The summed E-state index contributed by atoms with van der Waals surface area (Å²) in [6, 6.07) is 18.2. The predicted molar refractivity (Wildman–Crippen MR) is 121 cm³/mol. The summed E-state index contributed by atoms with van der Waals surface area (Å²) in [4.78, 5) is 0. The molecule has 0 spiro atoms. The van der Waals surface area contributed by atoms with Gasteiger partial charge in [-0.3, -0.25) is 0 Å². The fourth-order valence-electron chi connectivity index (χ4n) is 3.87. The normalized spacial score (nSPS) is 14.3. The van der Waals surface area contributed by atoms with Crippen molar-refractivity contribution in [2.75, 3.05) is 6.61 Å². The summed E-state index contributed by atoms with van der Waals surface area (Å²) in [5.41, 5.74) is 3.14. The lowest BCUT2D eigenvalue weighted by Crippen LogP contribution is -2.13. The smallest absolute Gasteiger partial charge is 0.416 e. The molecule has 0 radical (unpaired) electrons. The Morgan fingerprint density at radius 1 is 0.939 bits per heavy atom. The lowest BCUT2D eigenvalue weighted by atomic mass is 9.88. The van der Waals surface area contributed by atoms with Crippen molar-refractivity contribution < 1.29 is 27.8 Å². The average molecular weight is 454 g/mol. The standard InChI is InChI=1S/C27H25F3O3/c1-17(2)26(31)24-7-4-3-6-22(24)21-8-5-9-25-23(21)15-14-20(33-25)16-32-19-12-10-18(11-13-19)27(28,29)30/h3-14,17,26,31H,15-16H2,1-2H3. The maximum absolute atomic E-state index is 12.7. The average Bonchev–Trinajstić information content (AvgIpc) is 2.81. The third-order valence-corrected chi connectivity index (χ3v) is 5.67. The fourth-order valence-corrected chi connectivity index (χ4v) is 3.87. The fraction of sp³-hybridized carbons (Fsp3) is 0.259. The van der Waals surface area contributed by atoms with E-state index in [1.807, 2.05) is 62.4 Å². The highest BCUT2D eigenvalue weighted by Crippen LogP contribution is 2.39. The van der Waals surface area contributed by atoms with E-state index in [1.165, 1.54) is 12.1 Å². The van der Waals surface area contributed by atoms with Crippen LogP contribution in [0, 0.1) is 5.92 Å². The van der Waals surface area contributed by atoms with Crippen LogP contribution in [0.1, 0.15) is 36.6 Å². The SMILES string of the molecule is CC(C)C(O)c1ccccc1-c1cccc2c1CC=C(COc1ccc(C(F)(F)F)cc1)O2. The minimum absolute atomic E-state index is 0.0794. The molecule has 1 heterocycles. The summed E-state index contributed by atoms with van der Waals surface area (Å²) in [5, 5.41) is 10.7. The van der Waals surface area contributed by atoms with Gasteiger partial charge >= 0.3 is 6.18 Å². The van der Waals surface area contributed by atoms with Gasteiger partial charge in [0.15, 0.2) is 0 Å². The van der Waals surface area contributed by atoms with Crippen LogP contribution in [0.4, 0.5) is 13.2 Å². The molecule has 4 rings (SSSR count).